The molecule has 144 valence electrons. The maximum atomic E-state index is 12.4. The second kappa shape index (κ2) is 7.35. The monoisotopic (exact) mass is 413 g/mol. The Morgan fingerprint density at radius 1 is 1.44 bits per heavy atom. The van der Waals surface area contributed by atoms with Crippen LogP contribution in [0.15, 0.2) is 24.3 Å². The molecule has 11 heteroatoms. The lowest BCUT2D eigenvalue weighted by molar-refractivity contribution is -0.384. The Kier molecular flexibility index (Phi) is 5.29. The lowest BCUT2D eigenvalue weighted by atomic mass is 10.0. The largest absolute Gasteiger partial charge is 0.459 e. The van der Waals surface area contributed by atoms with Gasteiger partial charge in [-0.05, 0) is 17.7 Å². The Balaban J connectivity index is 1.57. The van der Waals surface area contributed by atoms with Gasteiger partial charge >= 0.3 is 5.97 Å². The summed E-state index contributed by atoms with van der Waals surface area (Å²) in [6.45, 7) is 1.26. The smallest absolute Gasteiger partial charge is 0.330 e. The van der Waals surface area contributed by atoms with Crippen molar-refractivity contribution in [2.45, 2.75) is 29.8 Å². The van der Waals surface area contributed by atoms with E-state index in [0.29, 0.717) is 5.56 Å². The molecule has 2 heterocycles. The third kappa shape index (κ3) is 3.86. The highest BCUT2D eigenvalue weighted by molar-refractivity contribution is 8.00. The van der Waals surface area contributed by atoms with E-state index in [1.165, 1.54) is 47.9 Å². The molecule has 0 saturated carbocycles. The lowest BCUT2D eigenvalue weighted by Crippen LogP contribution is -2.74. The summed E-state index contributed by atoms with van der Waals surface area (Å²) < 4.78 is 5.24. The fourth-order valence-corrected chi connectivity index (χ4v) is 4.63. The summed E-state index contributed by atoms with van der Waals surface area (Å²) >= 11 is 7.72. The highest BCUT2D eigenvalue weighted by Gasteiger charge is 2.57. The number of hydrogen-bond donors (Lipinski definition) is 1. The number of amides is 2. The van der Waals surface area contributed by atoms with Crippen LogP contribution in [0, 0.1) is 10.1 Å². The van der Waals surface area contributed by atoms with E-state index in [1.54, 1.807) is 0 Å². The van der Waals surface area contributed by atoms with Crippen LogP contribution in [0.4, 0.5) is 5.69 Å². The van der Waals surface area contributed by atoms with Crippen LogP contribution in [0.3, 0.4) is 0 Å². The van der Waals surface area contributed by atoms with Gasteiger partial charge in [-0.15, -0.1) is 23.4 Å². The van der Waals surface area contributed by atoms with Crippen LogP contribution in [-0.4, -0.2) is 56.2 Å². The van der Waals surface area contributed by atoms with E-state index in [9.17, 15) is 24.5 Å². The summed E-state index contributed by atoms with van der Waals surface area (Å²) in [6.07, 6.45) is 0. The number of alkyl halides is 1. The quantitative estimate of drug-likeness (QED) is 0.252. The zero-order valence-corrected chi connectivity index (χ0v) is 15.8. The van der Waals surface area contributed by atoms with Crippen molar-refractivity contribution in [3.05, 3.63) is 39.9 Å². The Morgan fingerprint density at radius 3 is 2.70 bits per heavy atom. The molecule has 1 aromatic rings. The highest BCUT2D eigenvalue weighted by Crippen LogP contribution is 2.41. The van der Waals surface area contributed by atoms with Crippen LogP contribution in [-0.2, 0) is 25.7 Å². The number of nitro groups is 1. The number of non-ortho nitro benzene ring substituents is 1. The molecule has 2 aliphatic rings. The molecule has 2 fully saturated rings. The number of nitro benzene ring substituents is 1. The van der Waals surface area contributed by atoms with Gasteiger partial charge in [0.2, 0.25) is 11.8 Å². The van der Waals surface area contributed by atoms with Gasteiger partial charge in [0, 0.05) is 24.8 Å². The van der Waals surface area contributed by atoms with E-state index in [4.69, 9.17) is 16.3 Å². The van der Waals surface area contributed by atoms with Crippen LogP contribution in [0.25, 0.3) is 0 Å². The van der Waals surface area contributed by atoms with Crippen molar-refractivity contribution in [2.75, 3.05) is 12.3 Å². The fraction of sp³-hybridized carbons (Fsp3) is 0.438. The summed E-state index contributed by atoms with van der Waals surface area (Å²) in [7, 11) is 0. The van der Waals surface area contributed by atoms with Gasteiger partial charge in [0.05, 0.1) is 11.5 Å². The summed E-state index contributed by atoms with van der Waals surface area (Å²) in [4.78, 5) is 45.9. The molecule has 0 aliphatic carbocycles. The minimum absolute atomic E-state index is 0.000233. The van der Waals surface area contributed by atoms with Gasteiger partial charge in [-0.3, -0.25) is 24.5 Å². The third-order valence-electron chi connectivity index (χ3n) is 4.29. The minimum Gasteiger partial charge on any atom is -0.459 e. The highest BCUT2D eigenvalue weighted by atomic mass is 35.5. The van der Waals surface area contributed by atoms with Gasteiger partial charge < -0.3 is 15.0 Å². The second-order valence-corrected chi connectivity index (χ2v) is 8.14. The normalized spacial score (nSPS) is 26.6. The predicted octanol–water partition coefficient (Wildman–Crippen LogP) is 1.04. The van der Waals surface area contributed by atoms with E-state index < -0.39 is 21.8 Å². The molecule has 2 aliphatic heterocycles. The number of ether oxygens (including phenoxy) is 1. The molecule has 3 atom stereocenters. The molecular weight excluding hydrogens is 398 g/mol. The van der Waals surface area contributed by atoms with Gasteiger partial charge in [-0.2, -0.15) is 0 Å². The first-order chi connectivity index (χ1) is 12.7. The first-order valence-electron chi connectivity index (χ1n) is 8.00. The van der Waals surface area contributed by atoms with Gasteiger partial charge in [-0.25, -0.2) is 0 Å². The van der Waals surface area contributed by atoms with Crippen molar-refractivity contribution in [3.63, 3.8) is 0 Å². The number of carbonyl (C=O) groups excluding carboxylic acids is 3. The van der Waals surface area contributed by atoms with Crippen LogP contribution in [0.1, 0.15) is 12.5 Å². The number of nitrogens with one attached hydrogen (secondary N) is 1. The number of rotatable bonds is 5. The predicted molar refractivity (Wildman–Crippen MR) is 97.0 cm³/mol. The molecule has 0 bridgehead atoms. The molecule has 27 heavy (non-hydrogen) atoms. The second-order valence-electron chi connectivity index (χ2n) is 6.31. The summed E-state index contributed by atoms with van der Waals surface area (Å²) in [5, 5.41) is 13.0. The van der Waals surface area contributed by atoms with Crippen LogP contribution < -0.4 is 5.32 Å². The first-order valence-corrected chi connectivity index (χ1v) is 9.42. The van der Waals surface area contributed by atoms with Gasteiger partial charge in [0.25, 0.3) is 5.69 Å². The molecule has 1 N–H and O–H groups in total. The van der Waals surface area contributed by atoms with Crippen LogP contribution in [0.5, 0.6) is 0 Å². The molecule has 2 saturated heterocycles. The van der Waals surface area contributed by atoms with Gasteiger partial charge in [-0.1, -0.05) is 0 Å². The van der Waals surface area contributed by atoms with Crippen molar-refractivity contribution in [3.8, 4) is 0 Å². The average Bonchev–Trinajstić information content (AvgIpc) is 2.64. The van der Waals surface area contributed by atoms with E-state index in [1.807, 2.05) is 0 Å². The van der Waals surface area contributed by atoms with Crippen molar-refractivity contribution in [1.29, 1.82) is 0 Å². The van der Waals surface area contributed by atoms with Crippen LogP contribution >= 0.6 is 23.4 Å². The SMILES string of the molecule is CC(=O)NC1C(=O)N2CC(Cl)(C(=O)OCc3ccc([N+](=O)[O-])cc3)CS[C@H]12. The van der Waals surface area contributed by atoms with Gasteiger partial charge in [0.1, 0.15) is 18.0 Å². The van der Waals surface area contributed by atoms with E-state index >= 15 is 0 Å². The number of halogens is 1. The molecule has 2 amide bonds. The molecule has 3 rings (SSSR count). The standard InChI is InChI=1S/C16H16ClN3O6S/c1-9(21)18-12-13(22)19-7-16(17,8-27-14(12)19)15(23)26-6-10-2-4-11(5-3-10)20(24)25/h2-5,12,14H,6-8H2,1H3,(H,18,21)/t12?,14-,16?/m1/s1. The molecular formula is C16H16ClN3O6S. The van der Waals surface area contributed by atoms with E-state index in [0.717, 1.165) is 0 Å². The van der Waals surface area contributed by atoms with Crippen molar-refractivity contribution in [1.82, 2.24) is 10.2 Å². The Bertz CT molecular complexity index is 804. The average molecular weight is 414 g/mol. The van der Waals surface area contributed by atoms with E-state index in [-0.39, 0.29) is 41.8 Å². The zero-order chi connectivity index (χ0) is 19.8. The fourth-order valence-electron chi connectivity index (χ4n) is 2.88. The Morgan fingerprint density at radius 2 is 2.11 bits per heavy atom. The summed E-state index contributed by atoms with van der Waals surface area (Å²) in [5.74, 6) is -1.00. The lowest BCUT2D eigenvalue weighted by Gasteiger charge is -2.52. The van der Waals surface area contributed by atoms with Crippen LogP contribution in [0.2, 0.25) is 0 Å². The zero-order valence-electron chi connectivity index (χ0n) is 14.2. The van der Waals surface area contributed by atoms with Crippen molar-refractivity contribution in [2.24, 2.45) is 0 Å². The Labute approximate surface area is 163 Å². The minimum atomic E-state index is -1.38. The molecule has 1 aromatic carbocycles. The maximum Gasteiger partial charge on any atom is 0.330 e. The molecule has 0 radical (unpaired) electrons. The van der Waals surface area contributed by atoms with Gasteiger partial charge in [0.15, 0.2) is 4.87 Å². The number of fused-ring (bicyclic) bond motifs is 1. The first kappa shape index (κ1) is 19.4. The van der Waals surface area contributed by atoms with Crippen molar-refractivity contribution >= 4 is 46.8 Å². The molecule has 2 unspecified atom stereocenters. The third-order valence-corrected chi connectivity index (χ3v) is 6.38. The Hall–Kier alpha value is -2.33. The summed E-state index contributed by atoms with van der Waals surface area (Å²) in [5.41, 5.74) is 0.528. The number of nitrogens with zero attached hydrogens (tertiary/aromatic N) is 2. The van der Waals surface area contributed by atoms with E-state index in [2.05, 4.69) is 5.32 Å². The number of hydrogen-bond acceptors (Lipinski definition) is 7. The van der Waals surface area contributed by atoms with Crippen molar-refractivity contribution < 1.29 is 24.0 Å². The maximum absolute atomic E-state index is 12.4. The molecule has 0 spiro atoms. The number of esters is 1. The topological polar surface area (TPSA) is 119 Å². The molecule has 0 aromatic heterocycles. The summed E-state index contributed by atoms with van der Waals surface area (Å²) in [6, 6.07) is 5.04. The molecule has 9 nitrogen and oxygen atoms in total. The number of thioether (sulfide) groups is 1. The number of carbonyl (C=O) groups is 3. The number of benzene rings is 1. The number of β-lactam (4-membered cyclic amide) rings is 1.